The van der Waals surface area contributed by atoms with Gasteiger partial charge in [0.1, 0.15) is 5.76 Å². The predicted octanol–water partition coefficient (Wildman–Crippen LogP) is 3.90. The number of hydrogen-bond donors (Lipinski definition) is 0. The van der Waals surface area contributed by atoms with Gasteiger partial charge < -0.3 is 4.42 Å². The molecular formula is C11H13BrO2. The van der Waals surface area contributed by atoms with E-state index in [2.05, 4.69) is 15.9 Å². The largest absolute Gasteiger partial charge is 0.453 e. The van der Waals surface area contributed by atoms with Crippen LogP contribution < -0.4 is 0 Å². The Balaban J connectivity index is 2.24. The fourth-order valence-electron chi connectivity index (χ4n) is 2.16. The van der Waals surface area contributed by atoms with Crippen LogP contribution in [0, 0.1) is 0 Å². The van der Waals surface area contributed by atoms with E-state index in [1.165, 1.54) is 19.3 Å². The lowest BCUT2D eigenvalue weighted by Gasteiger charge is -2.19. The maximum atomic E-state index is 10.8. The van der Waals surface area contributed by atoms with E-state index < -0.39 is 0 Å². The summed E-state index contributed by atoms with van der Waals surface area (Å²) < 4.78 is 6.20. The second-order valence-electron chi connectivity index (χ2n) is 3.82. The van der Waals surface area contributed by atoms with Crippen molar-refractivity contribution in [3.8, 4) is 0 Å². The van der Waals surface area contributed by atoms with Crippen molar-refractivity contribution in [3.63, 3.8) is 0 Å². The molecule has 1 aliphatic carbocycles. The minimum Gasteiger partial charge on any atom is -0.453 e. The molecule has 14 heavy (non-hydrogen) atoms. The molecule has 1 aromatic heterocycles. The highest BCUT2D eigenvalue weighted by Crippen LogP contribution is 2.36. The first kappa shape index (κ1) is 9.97. The Labute approximate surface area is 91.8 Å². The Hall–Kier alpha value is -0.570. The lowest BCUT2D eigenvalue weighted by Crippen LogP contribution is -2.05. The minimum absolute atomic E-state index is 0.454. The summed E-state index contributed by atoms with van der Waals surface area (Å²) in [4.78, 5) is 10.8. The molecule has 2 rings (SSSR count). The van der Waals surface area contributed by atoms with Crippen molar-refractivity contribution >= 4 is 22.2 Å². The maximum Gasteiger partial charge on any atom is 0.170 e. The molecule has 1 fully saturated rings. The van der Waals surface area contributed by atoms with Crippen molar-refractivity contribution in [2.75, 3.05) is 0 Å². The first-order valence-corrected chi connectivity index (χ1v) is 5.85. The van der Waals surface area contributed by atoms with Crippen molar-refractivity contribution in [3.05, 3.63) is 22.1 Å². The molecule has 0 radical (unpaired) electrons. The second-order valence-corrected chi connectivity index (χ2v) is 4.60. The van der Waals surface area contributed by atoms with E-state index in [1.807, 2.05) is 0 Å². The highest BCUT2D eigenvalue weighted by Gasteiger charge is 2.22. The molecule has 0 atom stereocenters. The molecule has 1 aromatic rings. The van der Waals surface area contributed by atoms with E-state index in [-0.39, 0.29) is 0 Å². The standard InChI is InChI=1S/C11H13BrO2/c12-10-6-9(7-13)11(14-10)8-4-2-1-3-5-8/h6-8H,1-5H2. The zero-order valence-corrected chi connectivity index (χ0v) is 9.55. The number of halogens is 1. The predicted molar refractivity (Wildman–Crippen MR) is 57.6 cm³/mol. The van der Waals surface area contributed by atoms with E-state index in [1.54, 1.807) is 6.07 Å². The number of carbonyl (C=O) groups is 1. The summed E-state index contributed by atoms with van der Waals surface area (Å²) in [5.74, 6) is 1.34. The molecular weight excluding hydrogens is 244 g/mol. The Morgan fingerprint density at radius 2 is 2.07 bits per heavy atom. The van der Waals surface area contributed by atoms with Crippen molar-refractivity contribution in [2.45, 2.75) is 38.0 Å². The summed E-state index contributed by atoms with van der Waals surface area (Å²) in [5, 5.41) is 0. The smallest absolute Gasteiger partial charge is 0.170 e. The van der Waals surface area contributed by atoms with Crippen LogP contribution in [-0.2, 0) is 0 Å². The van der Waals surface area contributed by atoms with Gasteiger partial charge in [0.25, 0.3) is 0 Å². The van der Waals surface area contributed by atoms with Crippen molar-refractivity contribution in [1.29, 1.82) is 0 Å². The summed E-state index contributed by atoms with van der Waals surface area (Å²) >= 11 is 3.26. The average Bonchev–Trinajstić information content (AvgIpc) is 2.61. The van der Waals surface area contributed by atoms with E-state index >= 15 is 0 Å². The molecule has 0 spiro atoms. The van der Waals surface area contributed by atoms with Crippen LogP contribution in [0.5, 0.6) is 0 Å². The molecule has 0 aliphatic heterocycles. The van der Waals surface area contributed by atoms with Gasteiger partial charge in [-0.05, 0) is 28.8 Å². The van der Waals surface area contributed by atoms with Crippen molar-refractivity contribution in [2.24, 2.45) is 0 Å². The number of rotatable bonds is 2. The maximum absolute atomic E-state index is 10.8. The fraction of sp³-hybridized carbons (Fsp3) is 0.545. The van der Waals surface area contributed by atoms with Crippen molar-refractivity contribution in [1.82, 2.24) is 0 Å². The van der Waals surface area contributed by atoms with Crippen molar-refractivity contribution < 1.29 is 9.21 Å². The molecule has 3 heteroatoms. The van der Waals surface area contributed by atoms with Crippen LogP contribution in [0.4, 0.5) is 0 Å². The summed E-state index contributed by atoms with van der Waals surface area (Å²) in [6.07, 6.45) is 7.01. The van der Waals surface area contributed by atoms with Gasteiger partial charge in [-0.3, -0.25) is 4.79 Å². The number of aldehydes is 1. The van der Waals surface area contributed by atoms with Crippen LogP contribution in [-0.4, -0.2) is 6.29 Å². The lowest BCUT2D eigenvalue weighted by atomic mass is 9.86. The zero-order valence-electron chi connectivity index (χ0n) is 7.96. The van der Waals surface area contributed by atoms with Gasteiger partial charge in [0.2, 0.25) is 0 Å². The van der Waals surface area contributed by atoms with Crippen LogP contribution >= 0.6 is 15.9 Å². The summed E-state index contributed by atoms with van der Waals surface area (Å²) in [7, 11) is 0. The SMILES string of the molecule is O=Cc1cc(Br)oc1C1CCCCC1. The summed E-state index contributed by atoms with van der Waals surface area (Å²) in [6.45, 7) is 0. The van der Waals surface area contributed by atoms with Gasteiger partial charge >= 0.3 is 0 Å². The Bertz CT molecular complexity index is 324. The molecule has 0 saturated heterocycles. The lowest BCUT2D eigenvalue weighted by molar-refractivity contribution is 0.112. The first-order valence-electron chi connectivity index (χ1n) is 5.05. The summed E-state index contributed by atoms with van der Waals surface area (Å²) in [6, 6.07) is 1.76. The van der Waals surface area contributed by atoms with Crippen LogP contribution in [0.2, 0.25) is 0 Å². The van der Waals surface area contributed by atoms with Crippen LogP contribution in [0.1, 0.15) is 54.1 Å². The molecule has 0 aromatic carbocycles. The number of furan rings is 1. The zero-order chi connectivity index (χ0) is 9.97. The molecule has 0 bridgehead atoms. The van der Waals surface area contributed by atoms with E-state index in [4.69, 9.17) is 4.42 Å². The molecule has 0 unspecified atom stereocenters. The van der Waals surface area contributed by atoms with Crippen LogP contribution in [0.25, 0.3) is 0 Å². The van der Waals surface area contributed by atoms with Gasteiger partial charge in [-0.25, -0.2) is 0 Å². The molecule has 76 valence electrons. The molecule has 1 saturated carbocycles. The highest BCUT2D eigenvalue weighted by molar-refractivity contribution is 9.10. The Kier molecular flexibility index (Phi) is 3.06. The minimum atomic E-state index is 0.454. The van der Waals surface area contributed by atoms with E-state index in [9.17, 15) is 4.79 Å². The molecule has 0 amide bonds. The fourth-order valence-corrected chi connectivity index (χ4v) is 2.58. The van der Waals surface area contributed by atoms with Crippen LogP contribution in [0.3, 0.4) is 0 Å². The van der Waals surface area contributed by atoms with Gasteiger partial charge in [-0.2, -0.15) is 0 Å². The monoisotopic (exact) mass is 256 g/mol. The molecule has 1 heterocycles. The quantitative estimate of drug-likeness (QED) is 0.752. The van der Waals surface area contributed by atoms with Gasteiger partial charge in [0.05, 0.1) is 5.56 Å². The van der Waals surface area contributed by atoms with E-state index in [0.717, 1.165) is 24.9 Å². The highest BCUT2D eigenvalue weighted by atomic mass is 79.9. The molecule has 0 N–H and O–H groups in total. The van der Waals surface area contributed by atoms with Gasteiger partial charge in [-0.15, -0.1) is 0 Å². The molecule has 1 aliphatic rings. The third kappa shape index (κ3) is 1.92. The van der Waals surface area contributed by atoms with E-state index in [0.29, 0.717) is 16.2 Å². The summed E-state index contributed by atoms with van der Waals surface area (Å²) in [5.41, 5.74) is 0.712. The Morgan fingerprint density at radius 3 is 2.71 bits per heavy atom. The second kappa shape index (κ2) is 4.30. The topological polar surface area (TPSA) is 30.2 Å². The third-order valence-electron chi connectivity index (χ3n) is 2.86. The first-order chi connectivity index (χ1) is 6.81. The van der Waals surface area contributed by atoms with Crippen LogP contribution in [0.15, 0.2) is 15.2 Å². The third-order valence-corrected chi connectivity index (χ3v) is 3.25. The van der Waals surface area contributed by atoms with Gasteiger partial charge in [0.15, 0.2) is 11.0 Å². The average molecular weight is 257 g/mol. The molecule has 2 nitrogen and oxygen atoms in total. The Morgan fingerprint density at radius 1 is 1.36 bits per heavy atom. The van der Waals surface area contributed by atoms with Gasteiger partial charge in [-0.1, -0.05) is 19.3 Å². The number of carbonyl (C=O) groups excluding carboxylic acids is 1. The number of hydrogen-bond acceptors (Lipinski definition) is 2. The van der Waals surface area contributed by atoms with Gasteiger partial charge in [0, 0.05) is 12.0 Å². The normalized spacial score (nSPS) is 18.4.